The van der Waals surface area contributed by atoms with Gasteiger partial charge in [0.15, 0.2) is 5.54 Å². The van der Waals surface area contributed by atoms with Crippen LogP contribution in [-0.2, 0) is 19.1 Å². The van der Waals surface area contributed by atoms with E-state index in [4.69, 9.17) is 9.47 Å². The van der Waals surface area contributed by atoms with Crippen molar-refractivity contribution < 1.29 is 29.0 Å². The molecular formula is C26H30N2O6. The standard InChI is InChI=1S/C26H30N2O6/c1-25(16-33-2,23(30)31)27-22(29)26(13-7-8-14-26)28-24(32)34-15-21-19-11-5-3-9-17(19)18-10-4-6-12-20(18)21/h3-6,9-12,21H,7-8,13-16H2,1-2H3,(H,27,29)(H,28,32)(H,30,31). The molecule has 0 saturated heterocycles. The summed E-state index contributed by atoms with van der Waals surface area (Å²) in [7, 11) is 1.37. The summed E-state index contributed by atoms with van der Waals surface area (Å²) in [6.45, 7) is 1.32. The first-order valence-corrected chi connectivity index (χ1v) is 11.5. The van der Waals surface area contributed by atoms with Crippen molar-refractivity contribution in [3.8, 4) is 11.1 Å². The Bertz CT molecular complexity index is 1050. The van der Waals surface area contributed by atoms with E-state index in [0.29, 0.717) is 12.8 Å². The Hall–Kier alpha value is -3.39. The van der Waals surface area contributed by atoms with E-state index >= 15 is 0 Å². The van der Waals surface area contributed by atoms with Crippen LogP contribution in [0.15, 0.2) is 48.5 Å². The average Bonchev–Trinajstić information content (AvgIpc) is 3.41. The molecule has 0 aliphatic heterocycles. The highest BCUT2D eigenvalue weighted by Crippen LogP contribution is 2.44. The van der Waals surface area contributed by atoms with E-state index in [1.165, 1.54) is 14.0 Å². The van der Waals surface area contributed by atoms with Crippen LogP contribution >= 0.6 is 0 Å². The molecule has 2 aliphatic rings. The number of carbonyl (C=O) groups is 3. The van der Waals surface area contributed by atoms with Crippen LogP contribution in [0, 0.1) is 0 Å². The molecule has 2 aromatic carbocycles. The zero-order valence-electron chi connectivity index (χ0n) is 19.4. The van der Waals surface area contributed by atoms with Gasteiger partial charge in [0, 0.05) is 13.0 Å². The molecule has 180 valence electrons. The van der Waals surface area contributed by atoms with E-state index in [9.17, 15) is 19.5 Å². The molecule has 2 amide bonds. The van der Waals surface area contributed by atoms with Gasteiger partial charge in [-0.25, -0.2) is 9.59 Å². The fraction of sp³-hybridized carbons (Fsp3) is 0.423. The third kappa shape index (κ3) is 4.37. The van der Waals surface area contributed by atoms with Crippen molar-refractivity contribution in [2.24, 2.45) is 0 Å². The Morgan fingerprint density at radius 3 is 2.12 bits per heavy atom. The minimum atomic E-state index is -1.61. The number of rotatable bonds is 8. The van der Waals surface area contributed by atoms with Crippen LogP contribution in [0.4, 0.5) is 4.79 Å². The molecule has 4 rings (SSSR count). The number of benzene rings is 2. The van der Waals surface area contributed by atoms with Crippen molar-refractivity contribution in [1.29, 1.82) is 0 Å². The highest BCUT2D eigenvalue weighted by molar-refractivity contribution is 5.94. The summed E-state index contributed by atoms with van der Waals surface area (Å²) in [5, 5.41) is 14.9. The van der Waals surface area contributed by atoms with Gasteiger partial charge in [-0.05, 0) is 42.0 Å². The molecule has 8 nitrogen and oxygen atoms in total. The maximum Gasteiger partial charge on any atom is 0.408 e. The molecule has 0 heterocycles. The van der Waals surface area contributed by atoms with E-state index in [1.807, 2.05) is 36.4 Å². The number of ether oxygens (including phenoxy) is 2. The minimum Gasteiger partial charge on any atom is -0.479 e. The van der Waals surface area contributed by atoms with E-state index < -0.39 is 29.0 Å². The first-order valence-electron chi connectivity index (χ1n) is 11.5. The van der Waals surface area contributed by atoms with Crippen LogP contribution in [0.3, 0.4) is 0 Å². The van der Waals surface area contributed by atoms with Crippen LogP contribution in [0.25, 0.3) is 11.1 Å². The molecule has 0 spiro atoms. The fourth-order valence-corrected chi connectivity index (χ4v) is 5.03. The monoisotopic (exact) mass is 466 g/mol. The molecule has 0 bridgehead atoms. The van der Waals surface area contributed by atoms with Gasteiger partial charge in [-0.15, -0.1) is 0 Å². The normalized spacial score (nSPS) is 17.8. The molecule has 3 N–H and O–H groups in total. The molecule has 2 aliphatic carbocycles. The van der Waals surface area contributed by atoms with Crippen LogP contribution in [0.2, 0.25) is 0 Å². The third-order valence-electron chi connectivity index (χ3n) is 6.87. The highest BCUT2D eigenvalue weighted by Gasteiger charge is 2.47. The molecular weight excluding hydrogens is 436 g/mol. The van der Waals surface area contributed by atoms with Crippen molar-refractivity contribution in [3.05, 3.63) is 59.7 Å². The largest absolute Gasteiger partial charge is 0.479 e. The maximum absolute atomic E-state index is 13.2. The number of carboxylic acid groups (broad SMARTS) is 1. The van der Waals surface area contributed by atoms with Gasteiger partial charge in [-0.3, -0.25) is 4.79 Å². The highest BCUT2D eigenvalue weighted by atomic mass is 16.5. The van der Waals surface area contributed by atoms with Crippen LogP contribution in [0.5, 0.6) is 0 Å². The maximum atomic E-state index is 13.2. The Balaban J connectivity index is 1.46. The summed E-state index contributed by atoms with van der Waals surface area (Å²) < 4.78 is 10.6. The van der Waals surface area contributed by atoms with Crippen molar-refractivity contribution in [3.63, 3.8) is 0 Å². The molecule has 1 fully saturated rings. The number of amides is 2. The number of hydrogen-bond acceptors (Lipinski definition) is 5. The Morgan fingerprint density at radius 2 is 1.59 bits per heavy atom. The predicted molar refractivity (Wildman–Crippen MR) is 125 cm³/mol. The number of carbonyl (C=O) groups excluding carboxylic acids is 2. The third-order valence-corrected chi connectivity index (χ3v) is 6.87. The van der Waals surface area contributed by atoms with E-state index in [0.717, 1.165) is 35.1 Å². The van der Waals surface area contributed by atoms with Gasteiger partial charge in [0.25, 0.3) is 0 Å². The lowest BCUT2D eigenvalue weighted by Gasteiger charge is -2.33. The summed E-state index contributed by atoms with van der Waals surface area (Å²) >= 11 is 0. The lowest BCUT2D eigenvalue weighted by molar-refractivity contribution is -0.150. The van der Waals surface area contributed by atoms with Gasteiger partial charge >= 0.3 is 12.1 Å². The molecule has 1 atom stereocenters. The zero-order chi connectivity index (χ0) is 24.3. The number of aliphatic carboxylic acids is 1. The second-order valence-electron chi connectivity index (χ2n) is 9.26. The topological polar surface area (TPSA) is 114 Å². The number of nitrogens with one attached hydrogen (secondary N) is 2. The van der Waals surface area contributed by atoms with Gasteiger partial charge in [-0.2, -0.15) is 0 Å². The smallest absolute Gasteiger partial charge is 0.408 e. The first kappa shape index (κ1) is 23.8. The van der Waals surface area contributed by atoms with Crippen molar-refractivity contribution >= 4 is 18.0 Å². The van der Waals surface area contributed by atoms with Gasteiger partial charge in [-0.1, -0.05) is 61.4 Å². The molecule has 1 unspecified atom stereocenters. The van der Waals surface area contributed by atoms with Crippen LogP contribution < -0.4 is 10.6 Å². The summed E-state index contributed by atoms with van der Waals surface area (Å²) in [5.74, 6) is -1.85. The van der Waals surface area contributed by atoms with E-state index in [-0.39, 0.29) is 19.1 Å². The van der Waals surface area contributed by atoms with Crippen molar-refractivity contribution in [2.45, 2.75) is 49.6 Å². The average molecular weight is 467 g/mol. The number of carboxylic acids is 1. The number of fused-ring (bicyclic) bond motifs is 3. The predicted octanol–water partition coefficient (Wildman–Crippen LogP) is 3.44. The van der Waals surface area contributed by atoms with Crippen LogP contribution in [0.1, 0.15) is 49.7 Å². The molecule has 2 aromatic rings. The second kappa shape index (κ2) is 9.46. The summed E-state index contributed by atoms with van der Waals surface area (Å²) in [6.07, 6.45) is 1.61. The van der Waals surface area contributed by atoms with Crippen LogP contribution in [-0.4, -0.2) is 54.5 Å². The quantitative estimate of drug-likeness (QED) is 0.549. The van der Waals surface area contributed by atoms with Crippen molar-refractivity contribution in [1.82, 2.24) is 10.6 Å². The molecule has 34 heavy (non-hydrogen) atoms. The van der Waals surface area contributed by atoms with E-state index in [2.05, 4.69) is 22.8 Å². The lowest BCUT2D eigenvalue weighted by Crippen LogP contribution is -2.64. The SMILES string of the molecule is COCC(C)(NC(=O)C1(NC(=O)OCC2c3ccccc3-c3ccccc32)CCCC1)C(=O)O. The van der Waals surface area contributed by atoms with E-state index in [1.54, 1.807) is 0 Å². The first-order chi connectivity index (χ1) is 16.3. The zero-order valence-corrected chi connectivity index (χ0v) is 19.4. The number of hydrogen-bond donors (Lipinski definition) is 3. The van der Waals surface area contributed by atoms with Gasteiger partial charge in [0.1, 0.15) is 12.1 Å². The number of methoxy groups -OCH3 is 1. The van der Waals surface area contributed by atoms with Gasteiger partial charge < -0.3 is 25.2 Å². The molecule has 0 radical (unpaired) electrons. The van der Waals surface area contributed by atoms with Gasteiger partial charge in [0.05, 0.1) is 6.61 Å². The Morgan fingerprint density at radius 1 is 1.03 bits per heavy atom. The van der Waals surface area contributed by atoms with Gasteiger partial charge in [0.2, 0.25) is 5.91 Å². The fourth-order valence-electron chi connectivity index (χ4n) is 5.03. The summed E-state index contributed by atoms with van der Waals surface area (Å²) in [4.78, 5) is 37.8. The second-order valence-corrected chi connectivity index (χ2v) is 9.26. The minimum absolute atomic E-state index is 0.0940. The Labute approximate surface area is 198 Å². The molecule has 8 heteroatoms. The summed E-state index contributed by atoms with van der Waals surface area (Å²) in [6, 6.07) is 16.1. The molecule has 0 aromatic heterocycles. The number of alkyl carbamates (subject to hydrolysis) is 1. The summed E-state index contributed by atoms with van der Waals surface area (Å²) in [5.41, 5.74) is 1.63. The Kier molecular flexibility index (Phi) is 6.61. The lowest BCUT2D eigenvalue weighted by atomic mass is 9.93. The molecule has 1 saturated carbocycles. The van der Waals surface area contributed by atoms with Crippen molar-refractivity contribution in [2.75, 3.05) is 20.3 Å².